The first-order valence-electron chi connectivity index (χ1n) is 10.0. The predicted octanol–water partition coefficient (Wildman–Crippen LogP) is 4.73. The van der Waals surface area contributed by atoms with E-state index in [2.05, 4.69) is 18.0 Å². The number of aryl methyl sites for hydroxylation is 2. The van der Waals surface area contributed by atoms with Crippen LogP contribution in [0, 0.1) is 6.92 Å². The summed E-state index contributed by atoms with van der Waals surface area (Å²) in [5.41, 5.74) is 2.07. The lowest BCUT2D eigenvalue weighted by molar-refractivity contribution is -0.120. The molecule has 0 aliphatic carbocycles. The second-order valence-corrected chi connectivity index (χ2v) is 8.14. The molecule has 0 aliphatic rings. The summed E-state index contributed by atoms with van der Waals surface area (Å²) in [7, 11) is 1.61. The van der Waals surface area contributed by atoms with E-state index in [9.17, 15) is 4.79 Å². The Morgan fingerprint density at radius 2 is 1.94 bits per heavy atom. The van der Waals surface area contributed by atoms with Gasteiger partial charge in [-0.1, -0.05) is 17.4 Å². The van der Waals surface area contributed by atoms with Crippen molar-refractivity contribution in [1.29, 1.82) is 0 Å². The number of imidazole rings is 1. The Bertz CT molecular complexity index is 1150. The van der Waals surface area contributed by atoms with Crippen LogP contribution in [0.2, 0.25) is 0 Å². The van der Waals surface area contributed by atoms with Crippen molar-refractivity contribution in [3.63, 3.8) is 0 Å². The highest BCUT2D eigenvalue weighted by Gasteiger charge is 2.20. The second kappa shape index (κ2) is 11.0. The van der Waals surface area contributed by atoms with Gasteiger partial charge >= 0.3 is 0 Å². The van der Waals surface area contributed by atoms with Gasteiger partial charge in [0, 0.05) is 25.5 Å². The van der Waals surface area contributed by atoms with Gasteiger partial charge in [-0.15, -0.1) is 12.4 Å². The lowest BCUT2D eigenvalue weighted by Crippen LogP contribution is -2.36. The molecule has 0 bridgehead atoms. The third kappa shape index (κ3) is 5.77. The number of halogens is 1. The van der Waals surface area contributed by atoms with Gasteiger partial charge in [0.2, 0.25) is 0 Å². The highest BCUT2D eigenvalue weighted by Crippen LogP contribution is 2.30. The summed E-state index contributed by atoms with van der Waals surface area (Å²) in [6.07, 6.45) is 6.22. The minimum atomic E-state index is -0.128. The topological polar surface area (TPSA) is 69.5 Å². The van der Waals surface area contributed by atoms with Crippen molar-refractivity contribution in [2.24, 2.45) is 0 Å². The zero-order valence-corrected chi connectivity index (χ0v) is 19.6. The summed E-state index contributed by atoms with van der Waals surface area (Å²) in [4.78, 5) is 23.6. The Morgan fingerprint density at radius 3 is 2.66 bits per heavy atom. The number of rotatable bonds is 9. The first-order valence-corrected chi connectivity index (χ1v) is 10.8. The van der Waals surface area contributed by atoms with Gasteiger partial charge in [-0.25, -0.2) is 9.97 Å². The molecular weight excluding hydrogens is 448 g/mol. The number of anilines is 1. The summed E-state index contributed by atoms with van der Waals surface area (Å²) >= 11 is 1.53. The van der Waals surface area contributed by atoms with E-state index in [4.69, 9.17) is 14.5 Å². The summed E-state index contributed by atoms with van der Waals surface area (Å²) in [6.45, 7) is 3.30. The Labute approximate surface area is 197 Å². The maximum Gasteiger partial charge on any atom is 0.266 e. The monoisotopic (exact) mass is 472 g/mol. The molecule has 0 saturated carbocycles. The number of fused-ring (bicyclic) bond motifs is 1. The van der Waals surface area contributed by atoms with E-state index in [1.165, 1.54) is 16.9 Å². The van der Waals surface area contributed by atoms with Crippen molar-refractivity contribution in [1.82, 2.24) is 14.5 Å². The molecule has 0 spiro atoms. The normalized spacial score (nSPS) is 10.6. The maximum atomic E-state index is 13.1. The van der Waals surface area contributed by atoms with Gasteiger partial charge in [0.25, 0.3) is 5.91 Å². The number of thiazole rings is 1. The third-order valence-corrected chi connectivity index (χ3v) is 5.88. The standard InChI is InChI=1S/C23H24N4O3S.ClH/c1-17-4-9-20-21(14-17)31-23(25-20)27(12-3-11-26-13-10-24-16-26)22(28)15-30-19-7-5-18(29-2)6-8-19;/h4-10,13-14,16H,3,11-12,15H2,1-2H3;1H. The van der Waals surface area contributed by atoms with Crippen LogP contribution in [0.25, 0.3) is 10.2 Å². The van der Waals surface area contributed by atoms with E-state index in [1.54, 1.807) is 48.8 Å². The Hall–Kier alpha value is -3.10. The third-order valence-electron chi connectivity index (χ3n) is 4.84. The van der Waals surface area contributed by atoms with Gasteiger partial charge in [-0.2, -0.15) is 0 Å². The summed E-state index contributed by atoms with van der Waals surface area (Å²) in [5.74, 6) is 1.23. The largest absolute Gasteiger partial charge is 0.497 e. The molecule has 2 aromatic heterocycles. The number of carbonyl (C=O) groups is 1. The van der Waals surface area contributed by atoms with Gasteiger partial charge < -0.3 is 14.0 Å². The van der Waals surface area contributed by atoms with Crippen molar-refractivity contribution >= 4 is 45.0 Å². The number of hydrogen-bond donors (Lipinski definition) is 0. The number of carbonyl (C=O) groups excluding carboxylic acids is 1. The average molecular weight is 473 g/mol. The van der Waals surface area contributed by atoms with Crippen LogP contribution in [-0.4, -0.2) is 40.7 Å². The molecule has 32 heavy (non-hydrogen) atoms. The van der Waals surface area contributed by atoms with Gasteiger partial charge in [0.1, 0.15) is 11.5 Å². The Morgan fingerprint density at radius 1 is 1.16 bits per heavy atom. The Kier molecular flexibility index (Phi) is 8.08. The van der Waals surface area contributed by atoms with E-state index in [0.29, 0.717) is 17.4 Å². The van der Waals surface area contributed by atoms with Crippen LogP contribution in [0.15, 0.2) is 61.2 Å². The van der Waals surface area contributed by atoms with Gasteiger partial charge in [-0.3, -0.25) is 9.69 Å². The fourth-order valence-electron chi connectivity index (χ4n) is 3.19. The SMILES string of the molecule is COc1ccc(OCC(=O)N(CCCn2ccnc2)c2nc3ccc(C)cc3s2)cc1.Cl. The number of methoxy groups -OCH3 is 1. The molecule has 168 valence electrons. The molecule has 1 amide bonds. The fourth-order valence-corrected chi connectivity index (χ4v) is 4.29. The van der Waals surface area contributed by atoms with Crippen LogP contribution in [0.3, 0.4) is 0 Å². The number of aromatic nitrogens is 3. The molecule has 0 aliphatic heterocycles. The van der Waals surface area contributed by atoms with Gasteiger partial charge in [0.05, 0.1) is 23.7 Å². The van der Waals surface area contributed by atoms with Gasteiger partial charge in [-0.05, 0) is 55.3 Å². The number of ether oxygens (including phenoxy) is 2. The molecule has 7 nitrogen and oxygen atoms in total. The quantitative estimate of drug-likeness (QED) is 0.352. The molecular formula is C23H25ClN4O3S. The second-order valence-electron chi connectivity index (χ2n) is 7.13. The minimum Gasteiger partial charge on any atom is -0.497 e. The van der Waals surface area contributed by atoms with E-state index in [-0.39, 0.29) is 24.9 Å². The van der Waals surface area contributed by atoms with Crippen LogP contribution >= 0.6 is 23.7 Å². The van der Waals surface area contributed by atoms with E-state index in [1.807, 2.05) is 22.9 Å². The molecule has 0 radical (unpaired) electrons. The van der Waals surface area contributed by atoms with Crippen molar-refractivity contribution in [3.05, 3.63) is 66.7 Å². The predicted molar refractivity (Wildman–Crippen MR) is 129 cm³/mol. The zero-order chi connectivity index (χ0) is 21.6. The van der Waals surface area contributed by atoms with Crippen molar-refractivity contribution in [3.8, 4) is 11.5 Å². The fraction of sp³-hybridized carbons (Fsp3) is 0.261. The van der Waals surface area contributed by atoms with E-state index >= 15 is 0 Å². The van der Waals surface area contributed by atoms with Crippen molar-refractivity contribution < 1.29 is 14.3 Å². The van der Waals surface area contributed by atoms with E-state index in [0.717, 1.165) is 28.9 Å². The average Bonchev–Trinajstić information content (AvgIpc) is 3.44. The molecule has 0 atom stereocenters. The molecule has 0 saturated heterocycles. The molecule has 4 aromatic rings. The maximum absolute atomic E-state index is 13.1. The lowest BCUT2D eigenvalue weighted by atomic mass is 10.2. The number of hydrogen-bond acceptors (Lipinski definition) is 6. The highest BCUT2D eigenvalue weighted by atomic mass is 35.5. The molecule has 2 aromatic carbocycles. The first-order chi connectivity index (χ1) is 15.1. The van der Waals surface area contributed by atoms with Crippen molar-refractivity contribution in [2.45, 2.75) is 19.9 Å². The molecule has 4 rings (SSSR count). The number of nitrogens with zero attached hydrogens (tertiary/aromatic N) is 4. The van der Waals surface area contributed by atoms with Crippen LogP contribution < -0.4 is 14.4 Å². The summed E-state index contributed by atoms with van der Waals surface area (Å²) < 4.78 is 14.0. The highest BCUT2D eigenvalue weighted by molar-refractivity contribution is 7.22. The van der Waals surface area contributed by atoms with Gasteiger partial charge in [0.15, 0.2) is 11.7 Å². The lowest BCUT2D eigenvalue weighted by Gasteiger charge is -2.20. The number of benzene rings is 2. The first kappa shape index (κ1) is 23.6. The summed E-state index contributed by atoms with van der Waals surface area (Å²) in [5, 5.41) is 0.689. The van der Waals surface area contributed by atoms with Crippen LogP contribution in [0.1, 0.15) is 12.0 Å². The van der Waals surface area contributed by atoms with Crippen molar-refractivity contribution in [2.75, 3.05) is 25.2 Å². The molecule has 0 N–H and O–H groups in total. The number of amides is 1. The Balaban J connectivity index is 0.00000289. The van der Waals surface area contributed by atoms with E-state index < -0.39 is 0 Å². The summed E-state index contributed by atoms with van der Waals surface area (Å²) in [6, 6.07) is 13.3. The molecule has 0 unspecified atom stereocenters. The molecule has 9 heteroatoms. The van der Waals surface area contributed by atoms with Crippen LogP contribution in [0.5, 0.6) is 11.5 Å². The zero-order valence-electron chi connectivity index (χ0n) is 17.9. The van der Waals surface area contributed by atoms with Crippen LogP contribution in [-0.2, 0) is 11.3 Å². The smallest absolute Gasteiger partial charge is 0.266 e. The van der Waals surface area contributed by atoms with Crippen LogP contribution in [0.4, 0.5) is 5.13 Å². The molecule has 0 fully saturated rings. The minimum absolute atomic E-state index is 0. The molecule has 2 heterocycles.